The standard InChI is InChI=1S/C8H13N5O3S/c1-8(10,6(9)16)3-17-7-11-4(14)5(15)12-13(7)2/h3,10H2,1-2H3,(H2,9,16)(H,12,15). The van der Waals surface area contributed by atoms with Crippen LogP contribution in [-0.4, -0.2) is 32.0 Å². The molecular weight excluding hydrogens is 246 g/mol. The summed E-state index contributed by atoms with van der Waals surface area (Å²) in [5.74, 6) is -0.506. The Morgan fingerprint density at radius 2 is 2.18 bits per heavy atom. The normalized spacial score (nSPS) is 14.3. The second-order valence-electron chi connectivity index (χ2n) is 3.77. The van der Waals surface area contributed by atoms with Gasteiger partial charge >= 0.3 is 11.1 Å². The Morgan fingerprint density at radius 1 is 1.59 bits per heavy atom. The van der Waals surface area contributed by atoms with E-state index in [2.05, 4.69) is 10.1 Å². The van der Waals surface area contributed by atoms with E-state index in [1.165, 1.54) is 18.7 Å². The number of primary amides is 1. The van der Waals surface area contributed by atoms with Crippen LogP contribution in [0.3, 0.4) is 0 Å². The summed E-state index contributed by atoms with van der Waals surface area (Å²) >= 11 is 1.06. The Morgan fingerprint density at radius 3 is 2.71 bits per heavy atom. The van der Waals surface area contributed by atoms with Gasteiger partial charge in [-0.25, -0.2) is 0 Å². The zero-order chi connectivity index (χ0) is 13.2. The van der Waals surface area contributed by atoms with Crippen molar-refractivity contribution in [3.8, 4) is 0 Å². The van der Waals surface area contributed by atoms with Crippen molar-refractivity contribution in [3.63, 3.8) is 0 Å². The van der Waals surface area contributed by atoms with Crippen molar-refractivity contribution in [3.05, 3.63) is 20.7 Å². The molecule has 0 fully saturated rings. The predicted molar refractivity (Wildman–Crippen MR) is 62.6 cm³/mol. The second kappa shape index (κ2) is 4.72. The van der Waals surface area contributed by atoms with Crippen LogP contribution in [-0.2, 0) is 11.8 Å². The smallest absolute Gasteiger partial charge is 0.339 e. The third-order valence-electron chi connectivity index (χ3n) is 2.01. The summed E-state index contributed by atoms with van der Waals surface area (Å²) < 4.78 is 1.28. The first kappa shape index (κ1) is 13.5. The average Bonchev–Trinajstić information content (AvgIpc) is 2.21. The Bertz CT molecular complexity index is 547. The molecule has 0 aliphatic rings. The van der Waals surface area contributed by atoms with Crippen LogP contribution in [0.1, 0.15) is 6.92 Å². The number of amides is 1. The Balaban J connectivity index is 2.91. The lowest BCUT2D eigenvalue weighted by Gasteiger charge is -2.19. The molecule has 17 heavy (non-hydrogen) atoms. The minimum absolute atomic E-state index is 0.147. The molecule has 1 amide bonds. The summed E-state index contributed by atoms with van der Waals surface area (Å²) in [6.07, 6.45) is 0. The Hall–Kier alpha value is -1.61. The average molecular weight is 259 g/mol. The van der Waals surface area contributed by atoms with Crippen LogP contribution >= 0.6 is 11.8 Å². The molecule has 8 nitrogen and oxygen atoms in total. The summed E-state index contributed by atoms with van der Waals surface area (Å²) in [5, 5.41) is 2.54. The number of aryl methyl sites for hydroxylation is 1. The van der Waals surface area contributed by atoms with Crippen molar-refractivity contribution in [2.75, 3.05) is 5.75 Å². The molecule has 0 bridgehead atoms. The molecule has 1 heterocycles. The third-order valence-corrected chi connectivity index (χ3v) is 3.38. The van der Waals surface area contributed by atoms with E-state index in [9.17, 15) is 14.4 Å². The number of nitrogens with one attached hydrogen (secondary N) is 1. The predicted octanol–water partition coefficient (Wildman–Crippen LogP) is -2.24. The zero-order valence-corrected chi connectivity index (χ0v) is 10.2. The zero-order valence-electron chi connectivity index (χ0n) is 9.39. The molecule has 1 aromatic heterocycles. The van der Waals surface area contributed by atoms with Crippen molar-refractivity contribution >= 4 is 17.7 Å². The van der Waals surface area contributed by atoms with Gasteiger partial charge in [-0.15, -0.1) is 0 Å². The van der Waals surface area contributed by atoms with Crippen LogP contribution < -0.4 is 22.6 Å². The first-order valence-electron chi connectivity index (χ1n) is 4.63. The third kappa shape index (κ3) is 3.17. The maximum Gasteiger partial charge on any atom is 0.339 e. The highest BCUT2D eigenvalue weighted by Gasteiger charge is 2.26. The SMILES string of the molecule is Cn1[nH]c(=O)c(=O)nc1SCC(C)(N)C(N)=O. The molecule has 5 N–H and O–H groups in total. The minimum Gasteiger partial charge on any atom is -0.368 e. The lowest BCUT2D eigenvalue weighted by atomic mass is 10.1. The highest BCUT2D eigenvalue weighted by atomic mass is 32.2. The second-order valence-corrected chi connectivity index (χ2v) is 4.71. The van der Waals surface area contributed by atoms with E-state index in [-0.39, 0.29) is 10.9 Å². The molecule has 1 rings (SSSR count). The topological polar surface area (TPSA) is 137 Å². The van der Waals surface area contributed by atoms with Crippen LogP contribution in [0.15, 0.2) is 14.7 Å². The number of aromatic nitrogens is 3. The maximum absolute atomic E-state index is 11.0. The van der Waals surface area contributed by atoms with E-state index in [1.807, 2.05) is 0 Å². The molecule has 0 saturated heterocycles. The number of rotatable bonds is 4. The van der Waals surface area contributed by atoms with Gasteiger partial charge in [0.2, 0.25) is 5.91 Å². The highest BCUT2D eigenvalue weighted by Crippen LogP contribution is 2.16. The summed E-state index contributed by atoms with van der Waals surface area (Å²) in [6, 6.07) is 0. The molecule has 1 atom stereocenters. The first-order chi connectivity index (χ1) is 7.74. The molecule has 0 radical (unpaired) electrons. The van der Waals surface area contributed by atoms with Crippen LogP contribution in [0.2, 0.25) is 0 Å². The van der Waals surface area contributed by atoms with Gasteiger partial charge < -0.3 is 11.5 Å². The molecule has 0 aromatic carbocycles. The summed E-state index contributed by atoms with van der Waals surface area (Å²) in [7, 11) is 1.52. The summed E-state index contributed by atoms with van der Waals surface area (Å²) in [5.41, 5.74) is 7.85. The molecular formula is C8H13N5O3S. The molecule has 0 aliphatic carbocycles. The monoisotopic (exact) mass is 259 g/mol. The number of nitrogens with two attached hydrogens (primary N) is 2. The number of carbonyl (C=O) groups is 1. The van der Waals surface area contributed by atoms with Crippen LogP contribution in [0.5, 0.6) is 0 Å². The van der Waals surface area contributed by atoms with Gasteiger partial charge in [-0.1, -0.05) is 11.8 Å². The van der Waals surface area contributed by atoms with E-state index in [4.69, 9.17) is 11.5 Å². The first-order valence-corrected chi connectivity index (χ1v) is 5.61. The number of carbonyl (C=O) groups excluding carboxylic acids is 1. The molecule has 0 spiro atoms. The van der Waals surface area contributed by atoms with Gasteiger partial charge in [0.05, 0.1) is 0 Å². The molecule has 0 saturated carbocycles. The molecule has 9 heteroatoms. The van der Waals surface area contributed by atoms with Gasteiger partial charge in [-0.05, 0) is 6.92 Å². The van der Waals surface area contributed by atoms with E-state index >= 15 is 0 Å². The number of H-pyrrole nitrogens is 1. The molecule has 1 unspecified atom stereocenters. The van der Waals surface area contributed by atoms with Crippen LogP contribution in [0.4, 0.5) is 0 Å². The molecule has 1 aromatic rings. The Kier molecular flexibility index (Phi) is 3.73. The van der Waals surface area contributed by atoms with Crippen molar-refractivity contribution < 1.29 is 4.79 Å². The Labute approximate surface area is 100 Å². The number of hydrogen-bond donors (Lipinski definition) is 3. The van der Waals surface area contributed by atoms with Gasteiger partial charge in [0.15, 0.2) is 5.16 Å². The largest absolute Gasteiger partial charge is 0.368 e. The van der Waals surface area contributed by atoms with E-state index in [1.54, 1.807) is 0 Å². The number of hydrogen-bond acceptors (Lipinski definition) is 6. The fourth-order valence-corrected chi connectivity index (χ4v) is 1.83. The van der Waals surface area contributed by atoms with Crippen molar-refractivity contribution in [2.45, 2.75) is 17.6 Å². The van der Waals surface area contributed by atoms with Gasteiger partial charge in [0.1, 0.15) is 5.54 Å². The lowest BCUT2D eigenvalue weighted by molar-refractivity contribution is -0.121. The van der Waals surface area contributed by atoms with E-state index < -0.39 is 22.6 Å². The number of nitrogens with zero attached hydrogens (tertiary/aromatic N) is 2. The number of thioether (sulfide) groups is 1. The van der Waals surface area contributed by atoms with Crippen molar-refractivity contribution in [1.29, 1.82) is 0 Å². The molecule has 0 aliphatic heterocycles. The fourth-order valence-electron chi connectivity index (χ4n) is 0.875. The van der Waals surface area contributed by atoms with E-state index in [0.717, 1.165) is 11.8 Å². The van der Waals surface area contributed by atoms with Crippen molar-refractivity contribution in [2.24, 2.45) is 18.5 Å². The van der Waals surface area contributed by atoms with Gasteiger partial charge in [-0.2, -0.15) is 4.98 Å². The quantitative estimate of drug-likeness (QED) is 0.413. The van der Waals surface area contributed by atoms with Crippen LogP contribution in [0, 0.1) is 0 Å². The summed E-state index contributed by atoms with van der Waals surface area (Å²) in [6.45, 7) is 1.48. The van der Waals surface area contributed by atoms with Gasteiger partial charge in [0, 0.05) is 12.8 Å². The van der Waals surface area contributed by atoms with Gasteiger partial charge in [-0.3, -0.25) is 24.2 Å². The minimum atomic E-state index is -1.21. The number of aromatic amines is 1. The molecule has 94 valence electrons. The maximum atomic E-state index is 11.0. The lowest BCUT2D eigenvalue weighted by Crippen LogP contribution is -2.51. The highest BCUT2D eigenvalue weighted by molar-refractivity contribution is 7.99. The van der Waals surface area contributed by atoms with Crippen LogP contribution in [0.25, 0.3) is 0 Å². The fraction of sp³-hybridized carbons (Fsp3) is 0.500. The summed E-state index contributed by atoms with van der Waals surface area (Å²) in [4.78, 5) is 36.5. The van der Waals surface area contributed by atoms with E-state index in [0.29, 0.717) is 0 Å². The van der Waals surface area contributed by atoms with Crippen molar-refractivity contribution in [1.82, 2.24) is 14.8 Å². The van der Waals surface area contributed by atoms with Gasteiger partial charge in [0.25, 0.3) is 0 Å².